The molecule has 0 spiro atoms. The Labute approximate surface area is 106 Å². The van der Waals surface area contributed by atoms with E-state index in [-0.39, 0.29) is 5.60 Å². The lowest BCUT2D eigenvalue weighted by atomic mass is 10.0. The van der Waals surface area contributed by atoms with Crippen LogP contribution in [0.5, 0.6) is 0 Å². The average Bonchev–Trinajstić information content (AvgIpc) is 2.72. The highest BCUT2D eigenvalue weighted by Gasteiger charge is 2.32. The summed E-state index contributed by atoms with van der Waals surface area (Å²) in [4.78, 5) is 4.30. The summed E-state index contributed by atoms with van der Waals surface area (Å²) in [6.07, 6.45) is 1.17. The topological polar surface area (TPSA) is 60.2 Å². The Kier molecular flexibility index (Phi) is 4.42. The Hall–Kier alpha value is -0.590. The average molecular weight is 257 g/mol. The highest BCUT2D eigenvalue weighted by Crippen LogP contribution is 2.17. The van der Waals surface area contributed by atoms with E-state index in [0.717, 1.165) is 30.4 Å². The van der Waals surface area contributed by atoms with Crippen LogP contribution in [-0.2, 0) is 17.1 Å². The highest BCUT2D eigenvalue weighted by molar-refractivity contribution is 7.98. The quantitative estimate of drug-likeness (QED) is 0.749. The van der Waals surface area contributed by atoms with Gasteiger partial charge in [0.25, 0.3) is 5.89 Å². The lowest BCUT2D eigenvalue weighted by Crippen LogP contribution is -2.58. The van der Waals surface area contributed by atoms with Crippen molar-refractivity contribution in [3.05, 3.63) is 11.7 Å². The summed E-state index contributed by atoms with van der Waals surface area (Å²) in [5.41, 5.74) is -0.0639. The zero-order valence-electron chi connectivity index (χ0n) is 10.4. The highest BCUT2D eigenvalue weighted by atomic mass is 32.2. The van der Waals surface area contributed by atoms with Gasteiger partial charge >= 0.3 is 0 Å². The van der Waals surface area contributed by atoms with Crippen molar-refractivity contribution in [3.8, 4) is 0 Å². The van der Waals surface area contributed by atoms with Gasteiger partial charge in [-0.15, -0.1) is 0 Å². The Morgan fingerprint density at radius 2 is 2.35 bits per heavy atom. The number of rotatable bonds is 7. The number of aromatic nitrogens is 2. The van der Waals surface area contributed by atoms with Gasteiger partial charge in [-0.2, -0.15) is 16.7 Å². The SMILES string of the molecule is CCCSCc1noc(COC2(C)CNC2)n1. The summed E-state index contributed by atoms with van der Waals surface area (Å²) in [6, 6.07) is 0. The van der Waals surface area contributed by atoms with Crippen LogP contribution in [0.3, 0.4) is 0 Å². The smallest absolute Gasteiger partial charge is 0.252 e. The number of thioether (sulfide) groups is 1. The van der Waals surface area contributed by atoms with Crippen LogP contribution >= 0.6 is 11.8 Å². The monoisotopic (exact) mass is 257 g/mol. The van der Waals surface area contributed by atoms with E-state index in [9.17, 15) is 0 Å². The molecule has 1 N–H and O–H groups in total. The van der Waals surface area contributed by atoms with E-state index in [1.165, 1.54) is 6.42 Å². The van der Waals surface area contributed by atoms with E-state index in [0.29, 0.717) is 12.5 Å². The zero-order chi connectivity index (χ0) is 12.1. The molecule has 0 amide bonds. The van der Waals surface area contributed by atoms with Crippen molar-refractivity contribution in [2.75, 3.05) is 18.8 Å². The van der Waals surface area contributed by atoms with Gasteiger partial charge < -0.3 is 14.6 Å². The molecule has 96 valence electrons. The minimum absolute atomic E-state index is 0.0639. The first-order chi connectivity index (χ1) is 8.22. The molecule has 6 heteroatoms. The van der Waals surface area contributed by atoms with Crippen molar-refractivity contribution in [1.29, 1.82) is 0 Å². The molecule has 1 aromatic rings. The number of nitrogens with one attached hydrogen (secondary N) is 1. The second-order valence-corrected chi connectivity index (χ2v) is 5.60. The minimum atomic E-state index is -0.0639. The molecule has 5 nitrogen and oxygen atoms in total. The molecule has 1 aromatic heterocycles. The van der Waals surface area contributed by atoms with Crippen molar-refractivity contribution >= 4 is 11.8 Å². The van der Waals surface area contributed by atoms with Crippen molar-refractivity contribution in [1.82, 2.24) is 15.5 Å². The van der Waals surface area contributed by atoms with Crippen molar-refractivity contribution in [2.45, 2.75) is 38.2 Å². The summed E-state index contributed by atoms with van der Waals surface area (Å²) in [7, 11) is 0. The number of nitrogens with zero attached hydrogens (tertiary/aromatic N) is 2. The molecule has 0 atom stereocenters. The van der Waals surface area contributed by atoms with Crippen LogP contribution < -0.4 is 5.32 Å². The first-order valence-corrected chi connectivity index (χ1v) is 7.11. The maximum absolute atomic E-state index is 5.72. The predicted molar refractivity (Wildman–Crippen MR) is 66.8 cm³/mol. The van der Waals surface area contributed by atoms with Gasteiger partial charge in [0.05, 0.1) is 11.4 Å². The standard InChI is InChI=1S/C11H19N3O2S/c1-3-4-17-6-9-13-10(16-14-9)5-15-11(2)7-12-8-11/h12H,3-8H2,1-2H3. The third-order valence-corrected chi connectivity index (χ3v) is 3.79. The lowest BCUT2D eigenvalue weighted by Gasteiger charge is -2.38. The molecule has 2 heterocycles. The summed E-state index contributed by atoms with van der Waals surface area (Å²) in [5.74, 6) is 3.28. The second kappa shape index (κ2) is 5.84. The van der Waals surface area contributed by atoms with Crippen molar-refractivity contribution < 1.29 is 9.26 Å². The predicted octanol–water partition coefficient (Wildman–Crippen LogP) is 1.59. The van der Waals surface area contributed by atoms with Gasteiger partial charge in [-0.3, -0.25) is 0 Å². The van der Waals surface area contributed by atoms with Crippen LogP contribution in [0.25, 0.3) is 0 Å². The molecule has 2 rings (SSSR count). The maximum Gasteiger partial charge on any atom is 0.252 e. The van der Waals surface area contributed by atoms with E-state index in [1.54, 1.807) is 0 Å². The molecule has 0 aromatic carbocycles. The lowest BCUT2D eigenvalue weighted by molar-refractivity contribution is -0.0841. The molecular weight excluding hydrogens is 238 g/mol. The fourth-order valence-electron chi connectivity index (χ4n) is 1.53. The van der Waals surface area contributed by atoms with Gasteiger partial charge in [0, 0.05) is 13.1 Å². The van der Waals surface area contributed by atoms with E-state index in [2.05, 4.69) is 29.3 Å². The van der Waals surface area contributed by atoms with E-state index >= 15 is 0 Å². The maximum atomic E-state index is 5.72. The van der Waals surface area contributed by atoms with Gasteiger partial charge in [-0.25, -0.2) is 0 Å². The molecule has 1 aliphatic rings. The van der Waals surface area contributed by atoms with Crippen LogP contribution in [0.1, 0.15) is 32.0 Å². The summed E-state index contributed by atoms with van der Waals surface area (Å²) < 4.78 is 10.9. The molecule has 1 aliphatic heterocycles. The molecule has 0 radical (unpaired) electrons. The van der Waals surface area contributed by atoms with Gasteiger partial charge in [0.1, 0.15) is 6.61 Å². The van der Waals surface area contributed by atoms with Crippen LogP contribution in [0.2, 0.25) is 0 Å². The first kappa shape index (κ1) is 12.9. The van der Waals surface area contributed by atoms with E-state index in [1.807, 2.05) is 11.8 Å². The second-order valence-electron chi connectivity index (χ2n) is 4.50. The van der Waals surface area contributed by atoms with Gasteiger partial charge in [0.2, 0.25) is 0 Å². The number of hydrogen-bond acceptors (Lipinski definition) is 6. The van der Waals surface area contributed by atoms with Gasteiger partial charge in [-0.05, 0) is 19.1 Å². The Morgan fingerprint density at radius 3 is 3.00 bits per heavy atom. The Bertz CT molecular complexity index is 352. The normalized spacial score (nSPS) is 18.0. The van der Waals surface area contributed by atoms with Crippen molar-refractivity contribution in [2.24, 2.45) is 0 Å². The summed E-state index contributed by atoms with van der Waals surface area (Å²) in [6.45, 7) is 6.43. The number of ether oxygens (including phenoxy) is 1. The third-order valence-electron chi connectivity index (χ3n) is 2.63. The largest absolute Gasteiger partial charge is 0.363 e. The Balaban J connectivity index is 1.73. The van der Waals surface area contributed by atoms with Crippen LogP contribution in [0, 0.1) is 0 Å². The molecule has 0 unspecified atom stereocenters. The molecule has 1 fully saturated rings. The van der Waals surface area contributed by atoms with Crippen LogP contribution in [-0.4, -0.2) is 34.6 Å². The summed E-state index contributed by atoms with van der Waals surface area (Å²) in [5, 5.41) is 7.11. The van der Waals surface area contributed by atoms with Gasteiger partial charge in [0.15, 0.2) is 5.82 Å². The Morgan fingerprint density at radius 1 is 1.53 bits per heavy atom. The zero-order valence-corrected chi connectivity index (χ0v) is 11.2. The van der Waals surface area contributed by atoms with Gasteiger partial charge in [-0.1, -0.05) is 12.1 Å². The summed E-state index contributed by atoms with van der Waals surface area (Å²) >= 11 is 1.82. The van der Waals surface area contributed by atoms with Crippen LogP contribution in [0.4, 0.5) is 0 Å². The van der Waals surface area contributed by atoms with E-state index in [4.69, 9.17) is 9.26 Å². The molecule has 17 heavy (non-hydrogen) atoms. The molecular formula is C11H19N3O2S. The van der Waals surface area contributed by atoms with Crippen molar-refractivity contribution in [3.63, 3.8) is 0 Å². The van der Waals surface area contributed by atoms with E-state index < -0.39 is 0 Å². The molecule has 0 saturated carbocycles. The van der Waals surface area contributed by atoms with Crippen LogP contribution in [0.15, 0.2) is 4.52 Å². The minimum Gasteiger partial charge on any atom is -0.363 e. The molecule has 0 aliphatic carbocycles. The molecule has 0 bridgehead atoms. The fourth-order valence-corrected chi connectivity index (χ4v) is 2.26. The number of hydrogen-bond donors (Lipinski definition) is 1. The fraction of sp³-hybridized carbons (Fsp3) is 0.818. The molecule has 1 saturated heterocycles. The first-order valence-electron chi connectivity index (χ1n) is 5.96. The third kappa shape index (κ3) is 3.69.